The van der Waals surface area contributed by atoms with E-state index in [2.05, 4.69) is 5.32 Å². The van der Waals surface area contributed by atoms with E-state index in [1.807, 2.05) is 20.8 Å². The van der Waals surface area contributed by atoms with Crippen molar-refractivity contribution in [1.29, 1.82) is 0 Å². The first-order chi connectivity index (χ1) is 12.2. The first kappa shape index (κ1) is 20.1. The van der Waals surface area contributed by atoms with Gasteiger partial charge in [-0.3, -0.25) is 4.79 Å². The number of amides is 1. The average molecular weight is 382 g/mol. The van der Waals surface area contributed by atoms with E-state index in [9.17, 15) is 9.59 Å². The highest BCUT2D eigenvalue weighted by Gasteiger charge is 2.21. The predicted molar refractivity (Wildman–Crippen MR) is 99.5 cm³/mol. The van der Waals surface area contributed by atoms with Crippen molar-refractivity contribution in [3.63, 3.8) is 0 Å². The van der Waals surface area contributed by atoms with Crippen molar-refractivity contribution in [2.75, 3.05) is 13.2 Å². The third kappa shape index (κ3) is 5.95. The van der Waals surface area contributed by atoms with Gasteiger partial charge in [-0.05, 0) is 51.5 Å². The molecule has 1 N–H and O–H groups in total. The van der Waals surface area contributed by atoms with Crippen LogP contribution >= 0.6 is 11.6 Å². The molecule has 0 spiro atoms. The molecule has 6 nitrogen and oxygen atoms in total. The molecule has 2 rings (SSSR count). The molecule has 1 aromatic rings. The summed E-state index contributed by atoms with van der Waals surface area (Å²) < 4.78 is 16.3. The molecule has 7 heteroatoms. The van der Waals surface area contributed by atoms with E-state index in [1.165, 1.54) is 13.0 Å². The summed E-state index contributed by atoms with van der Waals surface area (Å²) in [4.78, 5) is 23.9. The zero-order valence-electron chi connectivity index (χ0n) is 15.4. The van der Waals surface area contributed by atoms with Crippen LogP contribution in [-0.4, -0.2) is 36.7 Å². The van der Waals surface area contributed by atoms with Crippen molar-refractivity contribution >= 4 is 29.6 Å². The van der Waals surface area contributed by atoms with Crippen molar-refractivity contribution < 1.29 is 23.8 Å². The third-order valence-corrected chi connectivity index (χ3v) is 3.68. The van der Waals surface area contributed by atoms with Crippen LogP contribution < -0.4 is 14.8 Å². The molecule has 1 aromatic carbocycles. The largest absolute Gasteiger partial charge is 0.489 e. The zero-order chi connectivity index (χ0) is 19.3. The topological polar surface area (TPSA) is 73.9 Å². The summed E-state index contributed by atoms with van der Waals surface area (Å²) in [6.07, 6.45) is 2.68. The maximum Gasteiger partial charge on any atom is 0.331 e. The van der Waals surface area contributed by atoms with Gasteiger partial charge in [0.15, 0.2) is 17.6 Å². The van der Waals surface area contributed by atoms with Crippen molar-refractivity contribution in [3.05, 3.63) is 28.8 Å². The molecular formula is C19H24ClNO5. The lowest BCUT2D eigenvalue weighted by atomic mass is 10.1. The fourth-order valence-electron chi connectivity index (χ4n) is 2.25. The quantitative estimate of drug-likeness (QED) is 0.639. The Morgan fingerprint density at radius 3 is 2.65 bits per heavy atom. The van der Waals surface area contributed by atoms with E-state index in [-0.39, 0.29) is 5.91 Å². The molecule has 0 aliphatic carbocycles. The van der Waals surface area contributed by atoms with E-state index in [1.54, 1.807) is 18.2 Å². The first-order valence-electron chi connectivity index (χ1n) is 8.45. The SMILES string of the molecule is C[C@H](OC(=O)/C=C/c1cc(Cl)c2c(c1)OCCCO2)C(=O)NC(C)(C)C. The number of carbonyl (C=O) groups is 2. The number of benzene rings is 1. The number of nitrogens with one attached hydrogen (secondary N) is 1. The molecule has 0 saturated heterocycles. The molecule has 0 aromatic heterocycles. The Bertz CT molecular complexity index is 709. The van der Waals surface area contributed by atoms with Crippen LogP contribution in [0.2, 0.25) is 5.02 Å². The molecule has 142 valence electrons. The van der Waals surface area contributed by atoms with Gasteiger partial charge in [0, 0.05) is 18.0 Å². The van der Waals surface area contributed by atoms with Crippen LogP contribution in [0.25, 0.3) is 6.08 Å². The van der Waals surface area contributed by atoms with Gasteiger partial charge in [0.25, 0.3) is 5.91 Å². The Morgan fingerprint density at radius 2 is 1.96 bits per heavy atom. The Kier molecular flexibility index (Phi) is 6.53. The van der Waals surface area contributed by atoms with Gasteiger partial charge < -0.3 is 19.5 Å². The van der Waals surface area contributed by atoms with Gasteiger partial charge in [-0.2, -0.15) is 0 Å². The lowest BCUT2D eigenvalue weighted by molar-refractivity contribution is -0.150. The molecule has 0 radical (unpaired) electrons. The van der Waals surface area contributed by atoms with Gasteiger partial charge in [0.05, 0.1) is 18.2 Å². The van der Waals surface area contributed by atoms with Crippen LogP contribution in [0, 0.1) is 0 Å². The van der Waals surface area contributed by atoms with Gasteiger partial charge in [0.2, 0.25) is 0 Å². The summed E-state index contributed by atoms with van der Waals surface area (Å²) in [7, 11) is 0. The minimum atomic E-state index is -0.890. The second-order valence-corrected chi connectivity index (χ2v) is 7.44. The summed E-state index contributed by atoms with van der Waals surface area (Å²) >= 11 is 6.21. The smallest absolute Gasteiger partial charge is 0.331 e. The molecule has 0 unspecified atom stereocenters. The summed E-state index contributed by atoms with van der Waals surface area (Å²) in [5, 5.41) is 3.17. The van der Waals surface area contributed by atoms with E-state index in [4.69, 9.17) is 25.8 Å². The summed E-state index contributed by atoms with van der Waals surface area (Å²) in [6, 6.07) is 3.42. The summed E-state index contributed by atoms with van der Waals surface area (Å²) in [5.41, 5.74) is 0.275. The average Bonchev–Trinajstić information content (AvgIpc) is 2.77. The van der Waals surface area contributed by atoms with Gasteiger partial charge in [-0.25, -0.2) is 4.79 Å². The standard InChI is InChI=1S/C19H24ClNO5/c1-12(18(23)21-19(2,3)4)26-16(22)7-6-13-10-14(20)17-15(11-13)24-8-5-9-25-17/h6-7,10-12H,5,8-9H2,1-4H3,(H,21,23)/b7-6+/t12-/m0/s1. The van der Waals surface area contributed by atoms with Crippen molar-refractivity contribution in [2.24, 2.45) is 0 Å². The maximum absolute atomic E-state index is 11.9. The van der Waals surface area contributed by atoms with Gasteiger partial charge in [-0.15, -0.1) is 0 Å². The third-order valence-electron chi connectivity index (χ3n) is 3.40. The van der Waals surface area contributed by atoms with Crippen LogP contribution in [0.1, 0.15) is 39.7 Å². The molecule has 26 heavy (non-hydrogen) atoms. The zero-order valence-corrected chi connectivity index (χ0v) is 16.2. The lowest BCUT2D eigenvalue weighted by Gasteiger charge is -2.22. The highest BCUT2D eigenvalue weighted by molar-refractivity contribution is 6.32. The molecular weight excluding hydrogens is 358 g/mol. The number of hydrogen-bond donors (Lipinski definition) is 1. The van der Waals surface area contributed by atoms with Crippen molar-refractivity contribution in [1.82, 2.24) is 5.32 Å². The molecule has 1 amide bonds. The Hall–Kier alpha value is -2.21. The number of esters is 1. The van der Waals surface area contributed by atoms with Crippen molar-refractivity contribution in [2.45, 2.75) is 45.8 Å². The van der Waals surface area contributed by atoms with Crippen LogP contribution in [0.15, 0.2) is 18.2 Å². The second kappa shape index (κ2) is 8.45. The minimum absolute atomic E-state index is 0.349. The molecule has 0 saturated carbocycles. The number of hydrogen-bond acceptors (Lipinski definition) is 5. The Morgan fingerprint density at radius 1 is 1.27 bits per heavy atom. The highest BCUT2D eigenvalue weighted by atomic mass is 35.5. The Labute approximate surface area is 158 Å². The number of ether oxygens (including phenoxy) is 3. The molecule has 1 atom stereocenters. The Balaban J connectivity index is 2.01. The second-order valence-electron chi connectivity index (χ2n) is 7.03. The monoisotopic (exact) mass is 381 g/mol. The van der Waals surface area contributed by atoms with Crippen molar-refractivity contribution in [3.8, 4) is 11.5 Å². The summed E-state index contributed by atoms with van der Waals surface area (Å²) in [6.45, 7) is 8.17. The fraction of sp³-hybridized carbons (Fsp3) is 0.474. The van der Waals surface area contributed by atoms with Crippen LogP contribution in [-0.2, 0) is 14.3 Å². The number of carbonyl (C=O) groups excluding carboxylic acids is 2. The summed E-state index contributed by atoms with van der Waals surface area (Å²) in [5.74, 6) is 0.0833. The van der Waals surface area contributed by atoms with Gasteiger partial charge in [0.1, 0.15) is 0 Å². The number of rotatable bonds is 4. The van der Waals surface area contributed by atoms with Crippen LogP contribution in [0.3, 0.4) is 0 Å². The molecule has 1 heterocycles. The highest BCUT2D eigenvalue weighted by Crippen LogP contribution is 2.38. The van der Waals surface area contributed by atoms with Crippen LogP contribution in [0.4, 0.5) is 0 Å². The van der Waals surface area contributed by atoms with E-state index >= 15 is 0 Å². The molecule has 0 bridgehead atoms. The maximum atomic E-state index is 11.9. The van der Waals surface area contributed by atoms with Gasteiger partial charge in [-0.1, -0.05) is 11.6 Å². The van der Waals surface area contributed by atoms with Crippen LogP contribution in [0.5, 0.6) is 11.5 Å². The molecule has 1 aliphatic heterocycles. The van der Waals surface area contributed by atoms with E-state index in [0.717, 1.165) is 6.42 Å². The molecule has 1 aliphatic rings. The van der Waals surface area contributed by atoms with E-state index < -0.39 is 17.6 Å². The normalized spacial score (nSPS) is 15.3. The fourth-order valence-corrected chi connectivity index (χ4v) is 2.52. The minimum Gasteiger partial charge on any atom is -0.489 e. The number of fused-ring (bicyclic) bond motifs is 1. The van der Waals surface area contributed by atoms with E-state index in [0.29, 0.717) is 35.3 Å². The van der Waals surface area contributed by atoms with Gasteiger partial charge >= 0.3 is 5.97 Å². The molecule has 0 fully saturated rings. The predicted octanol–water partition coefficient (Wildman–Crippen LogP) is 3.36. The first-order valence-corrected chi connectivity index (χ1v) is 8.83. The lowest BCUT2D eigenvalue weighted by Crippen LogP contribution is -2.46. The number of halogens is 1.